The lowest BCUT2D eigenvalue weighted by Crippen LogP contribution is -2.43. The molecule has 0 bridgehead atoms. The maximum atomic E-state index is 13.1. The Morgan fingerprint density at radius 3 is 2.03 bits per heavy atom. The van der Waals surface area contributed by atoms with Crippen molar-refractivity contribution in [1.29, 1.82) is 0 Å². The zero-order chi connectivity index (χ0) is 24.6. The first-order valence-electron chi connectivity index (χ1n) is 8.70. The van der Waals surface area contributed by atoms with Crippen molar-refractivity contribution in [3.8, 4) is 0 Å². The number of hydrogen-bond acceptors (Lipinski definition) is 8. The molecule has 178 valence electrons. The summed E-state index contributed by atoms with van der Waals surface area (Å²) in [6.07, 6.45) is -1.85. The number of benzene rings is 1. The van der Waals surface area contributed by atoms with Crippen LogP contribution in [0.25, 0.3) is 0 Å². The lowest BCUT2D eigenvalue weighted by atomic mass is 10.1. The van der Waals surface area contributed by atoms with E-state index in [1.165, 1.54) is 28.3 Å². The minimum atomic E-state index is -1.04. The Bertz CT molecular complexity index is 900. The maximum Gasteiger partial charge on any atom is 0.305 e. The molecule has 0 radical (unpaired) electrons. The zero-order valence-corrected chi connectivity index (χ0v) is 24.6. The van der Waals surface area contributed by atoms with Gasteiger partial charge in [0.1, 0.15) is 12.7 Å². The molecule has 0 saturated carbocycles. The van der Waals surface area contributed by atoms with E-state index in [0.29, 0.717) is 10.7 Å². The second kappa shape index (κ2) is 14.1. The molecule has 0 aliphatic carbocycles. The molecular formula is C18H20ClI3N2O8. The molecule has 2 unspecified atom stereocenters. The summed E-state index contributed by atoms with van der Waals surface area (Å²) in [4.78, 5) is 48.5. The standard InChI is InChI=1S/C18H20ClI3N2O8/c1-7(25)32-18(31-4)8(30-3)5-23-17(28)11-12(20)10(16(19)27)13(21)15(14(11)22)24-9(26)6-29-2/h8,18H,5-6H2,1-4H3,(H,23,28)(H,24,26). The number of ether oxygens (including phenoxy) is 4. The largest absolute Gasteiger partial charge is 0.433 e. The molecule has 1 aromatic carbocycles. The molecule has 14 heteroatoms. The molecule has 0 aromatic heterocycles. The number of methoxy groups -OCH3 is 3. The summed E-state index contributed by atoms with van der Waals surface area (Å²) >= 11 is 11.4. The fourth-order valence-corrected chi connectivity index (χ4v) is 7.39. The summed E-state index contributed by atoms with van der Waals surface area (Å²) in [5, 5.41) is 4.54. The van der Waals surface area contributed by atoms with Gasteiger partial charge in [-0.3, -0.25) is 19.2 Å². The summed E-state index contributed by atoms with van der Waals surface area (Å²) in [7, 11) is 4.07. The summed E-state index contributed by atoms with van der Waals surface area (Å²) in [5.41, 5.74) is 0.490. The van der Waals surface area contributed by atoms with E-state index in [0.717, 1.165) is 0 Å². The quantitative estimate of drug-likeness (QED) is 0.151. The van der Waals surface area contributed by atoms with Gasteiger partial charge in [-0.25, -0.2) is 0 Å². The molecule has 0 heterocycles. The zero-order valence-electron chi connectivity index (χ0n) is 17.3. The van der Waals surface area contributed by atoms with E-state index in [1.54, 1.807) is 0 Å². The highest BCUT2D eigenvalue weighted by molar-refractivity contribution is 14.1. The van der Waals surface area contributed by atoms with Crippen molar-refractivity contribution >= 4 is 108 Å². The van der Waals surface area contributed by atoms with Crippen LogP contribution in [0, 0.1) is 10.7 Å². The van der Waals surface area contributed by atoms with Crippen LogP contribution >= 0.6 is 79.4 Å². The number of rotatable bonds is 11. The van der Waals surface area contributed by atoms with Crippen molar-refractivity contribution in [3.05, 3.63) is 21.8 Å². The van der Waals surface area contributed by atoms with E-state index in [9.17, 15) is 19.2 Å². The van der Waals surface area contributed by atoms with Crippen LogP contribution < -0.4 is 10.6 Å². The minimum absolute atomic E-state index is 0.0746. The second-order valence-corrected chi connectivity index (χ2v) is 9.60. The first-order chi connectivity index (χ1) is 15.0. The lowest BCUT2D eigenvalue weighted by Gasteiger charge is -2.25. The number of hydrogen-bond donors (Lipinski definition) is 2. The SMILES string of the molecule is COCC(=O)Nc1c(I)c(C(=O)Cl)c(I)c(C(=O)NCC(OC)C(OC)OC(C)=O)c1I. The molecule has 2 atom stereocenters. The average molecular weight is 809 g/mol. The molecule has 0 spiro atoms. The molecule has 0 aliphatic rings. The fourth-order valence-electron chi connectivity index (χ4n) is 2.46. The third-order valence-electron chi connectivity index (χ3n) is 3.86. The maximum absolute atomic E-state index is 13.1. The first-order valence-corrected chi connectivity index (χ1v) is 12.3. The van der Waals surface area contributed by atoms with Gasteiger partial charge >= 0.3 is 5.97 Å². The van der Waals surface area contributed by atoms with Crippen molar-refractivity contribution < 1.29 is 38.1 Å². The van der Waals surface area contributed by atoms with Gasteiger partial charge < -0.3 is 29.6 Å². The van der Waals surface area contributed by atoms with E-state index in [1.807, 2.05) is 67.8 Å². The number of esters is 1. The van der Waals surface area contributed by atoms with Crippen LogP contribution in [0.2, 0.25) is 0 Å². The number of amides is 2. The Balaban J connectivity index is 3.33. The first kappa shape index (κ1) is 29.7. The van der Waals surface area contributed by atoms with Crippen LogP contribution in [-0.2, 0) is 28.5 Å². The molecule has 1 aromatic rings. The second-order valence-electron chi connectivity index (χ2n) is 6.02. The van der Waals surface area contributed by atoms with Crippen LogP contribution in [0.15, 0.2) is 0 Å². The van der Waals surface area contributed by atoms with E-state index < -0.39 is 35.4 Å². The van der Waals surface area contributed by atoms with Gasteiger partial charge in [0.05, 0.1) is 30.5 Å². The Hall–Kier alpha value is -0.340. The van der Waals surface area contributed by atoms with Gasteiger partial charge in [0.25, 0.3) is 11.1 Å². The molecule has 0 saturated heterocycles. The van der Waals surface area contributed by atoms with Gasteiger partial charge in [-0.2, -0.15) is 0 Å². The van der Waals surface area contributed by atoms with Crippen LogP contribution in [-0.4, -0.2) is 69.9 Å². The van der Waals surface area contributed by atoms with Crippen molar-refractivity contribution in [2.75, 3.05) is 39.8 Å². The number of anilines is 1. The molecule has 0 aliphatic heterocycles. The van der Waals surface area contributed by atoms with Crippen molar-refractivity contribution in [3.63, 3.8) is 0 Å². The van der Waals surface area contributed by atoms with Crippen molar-refractivity contribution in [2.45, 2.75) is 19.3 Å². The summed E-state index contributed by atoms with van der Waals surface area (Å²) in [6.45, 7) is 0.931. The monoisotopic (exact) mass is 808 g/mol. The molecule has 32 heavy (non-hydrogen) atoms. The number of nitrogens with one attached hydrogen (secondary N) is 2. The highest BCUT2D eigenvalue weighted by Gasteiger charge is 2.30. The van der Waals surface area contributed by atoms with Gasteiger partial charge in [0, 0.05) is 31.8 Å². The third kappa shape index (κ3) is 7.86. The Morgan fingerprint density at radius 2 is 1.56 bits per heavy atom. The van der Waals surface area contributed by atoms with Crippen LogP contribution in [0.1, 0.15) is 27.6 Å². The van der Waals surface area contributed by atoms with Crippen molar-refractivity contribution in [2.24, 2.45) is 0 Å². The highest BCUT2D eigenvalue weighted by atomic mass is 127. The molecule has 10 nitrogen and oxygen atoms in total. The predicted octanol–water partition coefficient (Wildman–Crippen LogP) is 2.74. The van der Waals surface area contributed by atoms with Crippen molar-refractivity contribution in [1.82, 2.24) is 5.32 Å². The third-order valence-corrected chi connectivity index (χ3v) is 7.29. The van der Waals surface area contributed by atoms with Crippen LogP contribution in [0.3, 0.4) is 0 Å². The van der Waals surface area contributed by atoms with E-state index >= 15 is 0 Å². The topological polar surface area (TPSA) is 129 Å². The Morgan fingerprint density at radius 1 is 0.969 bits per heavy atom. The molecule has 2 amide bonds. The van der Waals surface area contributed by atoms with Gasteiger partial charge in [0.2, 0.25) is 12.2 Å². The summed E-state index contributed by atoms with van der Waals surface area (Å²) in [5.74, 6) is -1.60. The normalized spacial score (nSPS) is 12.6. The average Bonchev–Trinajstić information content (AvgIpc) is 2.70. The summed E-state index contributed by atoms with van der Waals surface area (Å²) < 4.78 is 21.3. The van der Waals surface area contributed by atoms with E-state index in [-0.39, 0.29) is 30.0 Å². The molecule has 0 fully saturated rings. The summed E-state index contributed by atoms with van der Waals surface area (Å²) in [6, 6.07) is 0. The molecule has 1 rings (SSSR count). The van der Waals surface area contributed by atoms with E-state index in [4.69, 9.17) is 30.5 Å². The van der Waals surface area contributed by atoms with Gasteiger partial charge in [-0.1, -0.05) is 0 Å². The Labute approximate surface area is 230 Å². The smallest absolute Gasteiger partial charge is 0.305 e. The predicted molar refractivity (Wildman–Crippen MR) is 141 cm³/mol. The molecule has 2 N–H and O–H groups in total. The Kier molecular flexibility index (Phi) is 13.1. The fraction of sp³-hybridized carbons (Fsp3) is 0.444. The lowest BCUT2D eigenvalue weighted by molar-refractivity contribution is -0.196. The number of carbonyl (C=O) groups is 4. The van der Waals surface area contributed by atoms with Gasteiger partial charge in [0.15, 0.2) is 0 Å². The minimum Gasteiger partial charge on any atom is -0.433 e. The molecular weight excluding hydrogens is 788 g/mol. The van der Waals surface area contributed by atoms with Gasteiger partial charge in [-0.15, -0.1) is 0 Å². The number of carbonyl (C=O) groups excluding carboxylic acids is 4. The van der Waals surface area contributed by atoms with Crippen LogP contribution in [0.4, 0.5) is 5.69 Å². The van der Waals surface area contributed by atoms with E-state index in [2.05, 4.69) is 10.6 Å². The van der Waals surface area contributed by atoms with Gasteiger partial charge in [-0.05, 0) is 79.4 Å². The highest BCUT2D eigenvalue weighted by Crippen LogP contribution is 2.36. The number of halogens is 4. The van der Waals surface area contributed by atoms with Crippen LogP contribution in [0.5, 0.6) is 0 Å².